The highest BCUT2D eigenvalue weighted by atomic mass is 16.3. The number of ketones is 2. The molecule has 0 radical (unpaired) electrons. The number of fused-ring (bicyclic) bond motifs is 2. The molecule has 0 heterocycles. The van der Waals surface area contributed by atoms with Crippen LogP contribution in [0.4, 0.5) is 5.69 Å². The van der Waals surface area contributed by atoms with Crippen LogP contribution in [0.2, 0.25) is 0 Å². The molecule has 0 atom stereocenters. The lowest BCUT2D eigenvalue weighted by Crippen LogP contribution is -2.24. The molecule has 6 heteroatoms. The molecule has 3 rings (SSSR count). The van der Waals surface area contributed by atoms with E-state index in [0.717, 1.165) is 0 Å². The Morgan fingerprint density at radius 2 is 1.39 bits per heavy atom. The van der Waals surface area contributed by atoms with E-state index in [2.05, 4.69) is 0 Å². The number of aromatic hydroxyl groups is 2. The first-order valence-corrected chi connectivity index (χ1v) is 7.23. The van der Waals surface area contributed by atoms with E-state index >= 15 is 0 Å². The first-order valence-electron chi connectivity index (χ1n) is 7.23. The van der Waals surface area contributed by atoms with Crippen LogP contribution >= 0.6 is 0 Å². The Labute approximate surface area is 132 Å². The van der Waals surface area contributed by atoms with E-state index in [9.17, 15) is 19.8 Å². The third kappa shape index (κ3) is 2.15. The van der Waals surface area contributed by atoms with Gasteiger partial charge in [-0.2, -0.15) is 0 Å². The van der Waals surface area contributed by atoms with Gasteiger partial charge in [0.05, 0.1) is 16.7 Å². The molecular weight excluding hydrogens is 296 g/mol. The molecule has 0 saturated carbocycles. The molecule has 2 aromatic carbocycles. The van der Waals surface area contributed by atoms with Gasteiger partial charge in [-0.15, -0.1) is 0 Å². The molecule has 1 aliphatic carbocycles. The number of benzene rings is 2. The van der Waals surface area contributed by atoms with Gasteiger partial charge in [-0.05, 0) is 43.1 Å². The molecule has 0 saturated heterocycles. The number of carbonyl (C=O) groups excluding carboxylic acids is 2. The van der Waals surface area contributed by atoms with Crippen molar-refractivity contribution in [2.24, 2.45) is 5.73 Å². The van der Waals surface area contributed by atoms with E-state index in [1.165, 1.54) is 18.2 Å². The second-order valence-electron chi connectivity index (χ2n) is 5.47. The first kappa shape index (κ1) is 15.1. The van der Waals surface area contributed by atoms with E-state index in [1.54, 1.807) is 6.07 Å². The van der Waals surface area contributed by atoms with Gasteiger partial charge in [-0.3, -0.25) is 9.59 Å². The van der Waals surface area contributed by atoms with Gasteiger partial charge < -0.3 is 21.7 Å². The summed E-state index contributed by atoms with van der Waals surface area (Å²) in [6, 6.07) is 5.63. The molecule has 2 aromatic rings. The van der Waals surface area contributed by atoms with E-state index < -0.39 is 11.6 Å². The molecule has 0 bridgehead atoms. The van der Waals surface area contributed by atoms with Gasteiger partial charge in [-0.1, -0.05) is 6.07 Å². The predicted octanol–water partition coefficient (Wildman–Crippen LogP) is 1.35. The summed E-state index contributed by atoms with van der Waals surface area (Å²) in [5.74, 6) is -1.65. The topological polar surface area (TPSA) is 127 Å². The molecule has 0 aliphatic heterocycles. The summed E-state index contributed by atoms with van der Waals surface area (Å²) >= 11 is 0. The van der Waals surface area contributed by atoms with Crippen LogP contribution in [0.3, 0.4) is 0 Å². The molecule has 118 valence electrons. The van der Waals surface area contributed by atoms with Crippen molar-refractivity contribution in [3.63, 3.8) is 0 Å². The number of rotatable bonds is 3. The normalized spacial score (nSPS) is 12.9. The van der Waals surface area contributed by atoms with Crippen LogP contribution in [-0.4, -0.2) is 28.3 Å². The molecule has 6 nitrogen and oxygen atoms in total. The minimum absolute atomic E-state index is 0.0608. The van der Waals surface area contributed by atoms with Crippen molar-refractivity contribution >= 4 is 17.3 Å². The van der Waals surface area contributed by atoms with E-state index in [1.807, 2.05) is 0 Å². The zero-order valence-corrected chi connectivity index (χ0v) is 12.3. The van der Waals surface area contributed by atoms with Crippen LogP contribution in [0.1, 0.15) is 43.8 Å². The third-order valence-corrected chi connectivity index (χ3v) is 4.04. The lowest BCUT2D eigenvalue weighted by Gasteiger charge is -2.22. The number of carbonyl (C=O) groups is 2. The van der Waals surface area contributed by atoms with Gasteiger partial charge in [0, 0.05) is 11.3 Å². The van der Waals surface area contributed by atoms with E-state index in [4.69, 9.17) is 11.5 Å². The fraction of sp³-hybridized carbons (Fsp3) is 0.176. The quantitative estimate of drug-likeness (QED) is 0.427. The zero-order chi connectivity index (χ0) is 16.7. The number of anilines is 1. The van der Waals surface area contributed by atoms with Crippen molar-refractivity contribution < 1.29 is 19.8 Å². The summed E-state index contributed by atoms with van der Waals surface area (Å²) in [5, 5.41) is 20.1. The molecule has 6 N–H and O–H groups in total. The number of hydrogen-bond acceptors (Lipinski definition) is 6. The molecule has 0 fully saturated rings. The smallest absolute Gasteiger partial charge is 0.200 e. The highest BCUT2D eigenvalue weighted by Crippen LogP contribution is 2.40. The maximum Gasteiger partial charge on any atom is 0.200 e. The largest absolute Gasteiger partial charge is 0.507 e. The Morgan fingerprint density at radius 1 is 0.826 bits per heavy atom. The molecule has 0 spiro atoms. The monoisotopic (exact) mass is 312 g/mol. The SMILES string of the molecule is NCCCc1ccc(O)c2c1C(=O)c1c(O)ccc(N)c1C2=O. The summed E-state index contributed by atoms with van der Waals surface area (Å²) in [4.78, 5) is 25.6. The molecule has 1 aliphatic rings. The number of phenols is 2. The summed E-state index contributed by atoms with van der Waals surface area (Å²) in [7, 11) is 0. The van der Waals surface area contributed by atoms with Crippen LogP contribution in [0, 0.1) is 0 Å². The zero-order valence-electron chi connectivity index (χ0n) is 12.3. The Hall–Kier alpha value is -2.86. The number of hydrogen-bond donors (Lipinski definition) is 4. The number of nitrogens with two attached hydrogens (primary N) is 2. The van der Waals surface area contributed by atoms with Crippen molar-refractivity contribution in [1.29, 1.82) is 0 Å². The van der Waals surface area contributed by atoms with Gasteiger partial charge in [0.15, 0.2) is 11.6 Å². The second-order valence-corrected chi connectivity index (χ2v) is 5.47. The molecule has 0 amide bonds. The second kappa shape index (κ2) is 5.40. The fourth-order valence-electron chi connectivity index (χ4n) is 2.96. The average Bonchev–Trinajstić information content (AvgIpc) is 2.53. The third-order valence-electron chi connectivity index (χ3n) is 4.04. The first-order chi connectivity index (χ1) is 11.0. The van der Waals surface area contributed by atoms with Gasteiger partial charge in [-0.25, -0.2) is 0 Å². The minimum atomic E-state index is -0.560. The van der Waals surface area contributed by atoms with E-state index in [-0.39, 0.29) is 39.4 Å². The molecule has 0 unspecified atom stereocenters. The van der Waals surface area contributed by atoms with Gasteiger partial charge >= 0.3 is 0 Å². The Kier molecular flexibility index (Phi) is 3.54. The fourth-order valence-corrected chi connectivity index (χ4v) is 2.96. The van der Waals surface area contributed by atoms with Crippen molar-refractivity contribution in [2.75, 3.05) is 12.3 Å². The van der Waals surface area contributed by atoms with Crippen LogP contribution in [0.15, 0.2) is 24.3 Å². The van der Waals surface area contributed by atoms with Crippen LogP contribution < -0.4 is 11.5 Å². The summed E-state index contributed by atoms with van der Waals surface area (Å²) < 4.78 is 0. The molecule has 23 heavy (non-hydrogen) atoms. The van der Waals surface area contributed by atoms with Gasteiger partial charge in [0.1, 0.15) is 11.5 Å². The van der Waals surface area contributed by atoms with Gasteiger partial charge in [0.2, 0.25) is 0 Å². The number of phenolic OH excluding ortho intramolecular Hbond substituents is 2. The molecular formula is C17H16N2O4. The minimum Gasteiger partial charge on any atom is -0.507 e. The van der Waals surface area contributed by atoms with Crippen LogP contribution in [0.25, 0.3) is 0 Å². The van der Waals surface area contributed by atoms with Crippen molar-refractivity contribution in [3.8, 4) is 11.5 Å². The van der Waals surface area contributed by atoms with Crippen molar-refractivity contribution in [2.45, 2.75) is 12.8 Å². The average molecular weight is 312 g/mol. The van der Waals surface area contributed by atoms with Crippen molar-refractivity contribution in [3.05, 3.63) is 52.1 Å². The maximum atomic E-state index is 12.9. The van der Waals surface area contributed by atoms with Crippen LogP contribution in [0.5, 0.6) is 11.5 Å². The predicted molar refractivity (Wildman–Crippen MR) is 84.9 cm³/mol. The van der Waals surface area contributed by atoms with Crippen LogP contribution in [-0.2, 0) is 6.42 Å². The summed E-state index contributed by atoms with van der Waals surface area (Å²) in [6.45, 7) is 0.437. The lowest BCUT2D eigenvalue weighted by molar-refractivity contribution is 0.0974. The maximum absolute atomic E-state index is 12.9. The standard InChI is InChI=1S/C17H16N2O4/c18-7-1-2-8-3-5-10(20)14-12(8)16(22)15-11(21)6-4-9(19)13(15)17(14)23/h3-6,20-21H,1-2,7,18-19H2. The Bertz CT molecular complexity index is 843. The van der Waals surface area contributed by atoms with Crippen molar-refractivity contribution in [1.82, 2.24) is 0 Å². The Morgan fingerprint density at radius 3 is 2.04 bits per heavy atom. The van der Waals surface area contributed by atoms with Gasteiger partial charge in [0.25, 0.3) is 0 Å². The highest BCUT2D eigenvalue weighted by Gasteiger charge is 2.37. The molecule has 0 aromatic heterocycles. The number of nitrogen functional groups attached to an aromatic ring is 1. The number of aryl methyl sites for hydroxylation is 1. The summed E-state index contributed by atoms with van der Waals surface area (Å²) in [6.07, 6.45) is 1.13. The Balaban J connectivity index is 2.31. The lowest BCUT2D eigenvalue weighted by atomic mass is 9.79. The van der Waals surface area contributed by atoms with E-state index in [0.29, 0.717) is 24.9 Å². The summed E-state index contributed by atoms with van der Waals surface area (Å²) in [5.41, 5.74) is 11.9. The highest BCUT2D eigenvalue weighted by molar-refractivity contribution is 6.32.